The highest BCUT2D eigenvalue weighted by Gasteiger charge is 2.52. The van der Waals surface area contributed by atoms with Crippen molar-refractivity contribution in [2.75, 3.05) is 0 Å². The minimum absolute atomic E-state index is 0.158. The van der Waals surface area contributed by atoms with Crippen molar-refractivity contribution in [3.63, 3.8) is 0 Å². The maximum atomic E-state index is 8.99. The molecule has 0 N–H and O–H groups in total. The van der Waals surface area contributed by atoms with Crippen molar-refractivity contribution >= 4 is 12.6 Å². The number of hydrogen-bond donors (Lipinski definition) is 0. The Morgan fingerprint density at radius 2 is 1.90 bits per heavy atom. The van der Waals surface area contributed by atoms with E-state index in [0.717, 1.165) is 11.0 Å². The van der Waals surface area contributed by atoms with Crippen molar-refractivity contribution in [3.8, 4) is 6.07 Å². The van der Waals surface area contributed by atoms with Crippen molar-refractivity contribution < 1.29 is 9.31 Å². The third kappa shape index (κ3) is 2.88. The van der Waals surface area contributed by atoms with Gasteiger partial charge in [0.15, 0.2) is 0 Å². The van der Waals surface area contributed by atoms with Crippen molar-refractivity contribution in [1.29, 1.82) is 5.26 Å². The van der Waals surface area contributed by atoms with Crippen LogP contribution >= 0.6 is 0 Å². The zero-order chi connectivity index (χ0) is 15.7. The number of benzene rings is 1. The van der Waals surface area contributed by atoms with E-state index in [1.807, 2.05) is 27.7 Å². The minimum Gasteiger partial charge on any atom is -0.399 e. The second kappa shape index (κ2) is 5.42. The lowest BCUT2D eigenvalue weighted by molar-refractivity contribution is 0.00578. The second-order valence-electron chi connectivity index (χ2n) is 6.00. The summed E-state index contributed by atoms with van der Waals surface area (Å²) in [6.07, 6.45) is 0. The Morgan fingerprint density at radius 3 is 2.43 bits per heavy atom. The molecule has 21 heavy (non-hydrogen) atoms. The molecule has 0 spiro atoms. The lowest BCUT2D eigenvalue weighted by Gasteiger charge is -2.32. The van der Waals surface area contributed by atoms with Gasteiger partial charge in [-0.3, -0.25) is 0 Å². The predicted octanol–water partition coefficient (Wildman–Crippen LogP) is 2.67. The molecule has 0 aliphatic carbocycles. The zero-order valence-electron chi connectivity index (χ0n) is 12.6. The third-order valence-corrected chi connectivity index (χ3v) is 4.08. The molecule has 0 aromatic heterocycles. The van der Waals surface area contributed by atoms with Crippen LogP contribution in [0.2, 0.25) is 0 Å². The first-order valence-electron chi connectivity index (χ1n) is 6.70. The molecule has 6 nitrogen and oxygen atoms in total. The molecule has 2 rings (SSSR count). The molecule has 1 aliphatic rings. The number of nitriles is 1. The van der Waals surface area contributed by atoms with Gasteiger partial charge in [0.05, 0.1) is 29.4 Å². The highest BCUT2D eigenvalue weighted by Crippen LogP contribution is 2.36. The normalized spacial score (nSPS) is 18.9. The van der Waals surface area contributed by atoms with E-state index in [2.05, 4.69) is 16.1 Å². The first kappa shape index (κ1) is 15.4. The molecule has 1 aliphatic heterocycles. The Bertz CT molecular complexity index is 629. The lowest BCUT2D eigenvalue weighted by atomic mass is 9.75. The molecule has 0 unspecified atom stereocenters. The van der Waals surface area contributed by atoms with Gasteiger partial charge in [-0.2, -0.15) is 5.26 Å². The van der Waals surface area contributed by atoms with Gasteiger partial charge in [-0.15, -0.1) is 0 Å². The molecular weight excluding hydrogens is 267 g/mol. The van der Waals surface area contributed by atoms with Crippen LogP contribution in [0.5, 0.6) is 0 Å². The average molecular weight is 284 g/mol. The average Bonchev–Trinajstić information content (AvgIpc) is 2.64. The summed E-state index contributed by atoms with van der Waals surface area (Å²) in [5.74, 6) is 0. The summed E-state index contributed by atoms with van der Waals surface area (Å²) in [5.41, 5.74) is 9.67. The van der Waals surface area contributed by atoms with Gasteiger partial charge in [0.25, 0.3) is 0 Å². The van der Waals surface area contributed by atoms with Gasteiger partial charge in [-0.05, 0) is 56.4 Å². The van der Waals surface area contributed by atoms with E-state index >= 15 is 0 Å². The summed E-state index contributed by atoms with van der Waals surface area (Å²) >= 11 is 0. The molecule has 1 aromatic carbocycles. The topological polar surface area (TPSA) is 91.0 Å². The van der Waals surface area contributed by atoms with E-state index in [9.17, 15) is 0 Å². The smallest absolute Gasteiger partial charge is 0.399 e. The molecular formula is C14H17BN4O2. The molecule has 1 aromatic rings. The van der Waals surface area contributed by atoms with Crippen LogP contribution in [-0.2, 0) is 15.9 Å². The summed E-state index contributed by atoms with van der Waals surface area (Å²) < 4.78 is 12.0. The molecule has 1 saturated heterocycles. The highest BCUT2D eigenvalue weighted by atomic mass is 16.7. The van der Waals surface area contributed by atoms with Crippen LogP contribution in [0.3, 0.4) is 0 Å². The van der Waals surface area contributed by atoms with E-state index in [1.54, 1.807) is 18.2 Å². The lowest BCUT2D eigenvalue weighted by Crippen LogP contribution is -2.41. The Balaban J connectivity index is 2.41. The molecule has 0 saturated carbocycles. The maximum absolute atomic E-state index is 8.99. The van der Waals surface area contributed by atoms with Crippen LogP contribution in [-0.4, -0.2) is 18.3 Å². The van der Waals surface area contributed by atoms with Gasteiger partial charge in [-0.1, -0.05) is 11.2 Å². The van der Waals surface area contributed by atoms with Crippen LogP contribution in [0.1, 0.15) is 38.8 Å². The zero-order valence-corrected chi connectivity index (χ0v) is 12.6. The number of azide groups is 1. The Kier molecular flexibility index (Phi) is 3.97. The summed E-state index contributed by atoms with van der Waals surface area (Å²) in [6, 6.07) is 7.28. The summed E-state index contributed by atoms with van der Waals surface area (Å²) in [4.78, 5) is 2.77. The standard InChI is InChI=1S/C14H17BN4O2/c1-13(2)14(3,4)21-15(20-13)12-6-5-10(8-16)7-11(12)9-18-19-17/h5-7H,9H2,1-4H3. The molecule has 108 valence electrons. The Hall–Kier alpha value is -2.00. The summed E-state index contributed by atoms with van der Waals surface area (Å²) in [5, 5.41) is 12.6. The van der Waals surface area contributed by atoms with Gasteiger partial charge in [-0.25, -0.2) is 0 Å². The van der Waals surface area contributed by atoms with Gasteiger partial charge in [0, 0.05) is 4.91 Å². The molecule has 1 heterocycles. The molecule has 7 heteroatoms. The maximum Gasteiger partial charge on any atom is 0.495 e. The van der Waals surface area contributed by atoms with Crippen LogP contribution < -0.4 is 5.46 Å². The molecule has 0 amide bonds. The summed E-state index contributed by atoms with van der Waals surface area (Å²) in [6.45, 7) is 8.06. The fourth-order valence-electron chi connectivity index (χ4n) is 2.12. The Morgan fingerprint density at radius 1 is 1.29 bits per heavy atom. The molecule has 1 fully saturated rings. The predicted molar refractivity (Wildman–Crippen MR) is 79.7 cm³/mol. The Labute approximate surface area is 124 Å². The van der Waals surface area contributed by atoms with Crippen molar-refractivity contribution in [2.24, 2.45) is 5.11 Å². The number of nitrogens with zero attached hydrogens (tertiary/aromatic N) is 4. The summed E-state index contributed by atoms with van der Waals surface area (Å²) in [7, 11) is -0.536. The molecule has 0 atom stereocenters. The van der Waals surface area contributed by atoms with Crippen LogP contribution in [0.4, 0.5) is 0 Å². The first-order valence-corrected chi connectivity index (χ1v) is 6.70. The van der Waals surface area contributed by atoms with Crippen LogP contribution in [0.25, 0.3) is 10.4 Å². The number of hydrogen-bond acceptors (Lipinski definition) is 4. The second-order valence-corrected chi connectivity index (χ2v) is 6.00. The van der Waals surface area contributed by atoms with Crippen molar-refractivity contribution in [3.05, 3.63) is 39.8 Å². The molecule has 0 radical (unpaired) electrons. The van der Waals surface area contributed by atoms with E-state index in [4.69, 9.17) is 20.1 Å². The van der Waals surface area contributed by atoms with Gasteiger partial charge in [0.1, 0.15) is 0 Å². The van der Waals surface area contributed by atoms with Crippen molar-refractivity contribution in [1.82, 2.24) is 0 Å². The SMILES string of the molecule is CC1(C)OB(c2ccc(C#N)cc2CN=[N+]=[N-])OC1(C)C. The van der Waals surface area contributed by atoms with Gasteiger partial charge < -0.3 is 9.31 Å². The largest absolute Gasteiger partial charge is 0.495 e. The number of rotatable bonds is 3. The van der Waals surface area contributed by atoms with Crippen LogP contribution in [0.15, 0.2) is 23.3 Å². The minimum atomic E-state index is -0.536. The van der Waals surface area contributed by atoms with Crippen molar-refractivity contribution in [2.45, 2.75) is 45.4 Å². The fourth-order valence-corrected chi connectivity index (χ4v) is 2.12. The van der Waals surface area contributed by atoms with E-state index in [0.29, 0.717) is 5.56 Å². The van der Waals surface area contributed by atoms with E-state index < -0.39 is 18.3 Å². The van der Waals surface area contributed by atoms with Crippen LogP contribution in [0, 0.1) is 11.3 Å². The fraction of sp³-hybridized carbons (Fsp3) is 0.500. The van der Waals surface area contributed by atoms with E-state index in [-0.39, 0.29) is 6.54 Å². The van der Waals surface area contributed by atoms with Gasteiger partial charge in [0.2, 0.25) is 0 Å². The third-order valence-electron chi connectivity index (χ3n) is 4.08. The van der Waals surface area contributed by atoms with Gasteiger partial charge >= 0.3 is 7.12 Å². The first-order chi connectivity index (χ1) is 9.80. The quantitative estimate of drug-likeness (QED) is 0.369. The highest BCUT2D eigenvalue weighted by molar-refractivity contribution is 6.62. The molecule has 0 bridgehead atoms. The monoisotopic (exact) mass is 284 g/mol. The van der Waals surface area contributed by atoms with E-state index in [1.165, 1.54) is 0 Å².